The van der Waals surface area contributed by atoms with E-state index in [-0.39, 0.29) is 17.0 Å². The van der Waals surface area contributed by atoms with Gasteiger partial charge >= 0.3 is 5.85 Å². The van der Waals surface area contributed by atoms with Crippen molar-refractivity contribution in [2.75, 3.05) is 4.90 Å². The number of nitrogens with zero attached hydrogens (tertiary/aromatic N) is 3. The van der Waals surface area contributed by atoms with E-state index in [0.29, 0.717) is 22.8 Å². The Labute approximate surface area is 238 Å². The van der Waals surface area contributed by atoms with E-state index in [0.717, 1.165) is 38.6 Å². The van der Waals surface area contributed by atoms with Gasteiger partial charge in [0.15, 0.2) is 0 Å². The normalized spacial score (nSPS) is 22.6. The third kappa shape index (κ3) is 3.94. The Morgan fingerprint density at radius 2 is 1.69 bits per heavy atom. The number of hydrogen-bond acceptors (Lipinski definition) is 6. The van der Waals surface area contributed by atoms with Gasteiger partial charge in [0.1, 0.15) is 11.5 Å². The highest BCUT2D eigenvalue weighted by atomic mass is 79.9. The van der Waals surface area contributed by atoms with Gasteiger partial charge < -0.3 is 9.84 Å². The second kappa shape index (κ2) is 9.32. The minimum atomic E-state index is -1.34. The number of benzene rings is 4. The number of phenols is 1. The summed E-state index contributed by atoms with van der Waals surface area (Å²) in [7, 11) is 0. The monoisotopic (exact) mass is 595 g/mol. The molecule has 1 fully saturated rings. The van der Waals surface area contributed by atoms with Crippen molar-refractivity contribution in [3.63, 3.8) is 0 Å². The van der Waals surface area contributed by atoms with Crippen LogP contribution in [0, 0.1) is 0 Å². The first-order valence-corrected chi connectivity index (χ1v) is 14.1. The van der Waals surface area contributed by atoms with Crippen LogP contribution < -0.4 is 9.64 Å². The third-order valence-electron chi connectivity index (χ3n) is 7.12. The van der Waals surface area contributed by atoms with Gasteiger partial charge in [0.05, 0.1) is 22.3 Å². The number of carbonyl (C=O) groups is 1. The van der Waals surface area contributed by atoms with Gasteiger partial charge in [-0.3, -0.25) is 4.79 Å². The molecule has 39 heavy (non-hydrogen) atoms. The number of carbonyl (C=O) groups excluding carboxylic acids is 1. The van der Waals surface area contributed by atoms with E-state index in [2.05, 4.69) is 34.1 Å². The van der Waals surface area contributed by atoms with Gasteiger partial charge in [-0.1, -0.05) is 76.6 Å². The van der Waals surface area contributed by atoms with Gasteiger partial charge in [-0.2, -0.15) is 5.10 Å². The Morgan fingerprint density at radius 3 is 2.44 bits per heavy atom. The zero-order chi connectivity index (χ0) is 26.6. The van der Waals surface area contributed by atoms with Crippen LogP contribution in [0.5, 0.6) is 11.5 Å². The van der Waals surface area contributed by atoms with Gasteiger partial charge in [-0.15, -0.1) is 0 Å². The standard InChI is InChI=1S/C31H22BrN3O3S/c32-22-13-16-28-25(18-22)27-19-26(21-7-3-1-4-8-21)33-35(27)31(38-28)29(17-20-11-14-24(36)15-12-20)39-30(37)34(31)23-9-5-2-6-10-23/h1-18,27,36H,19H2/b29-17-. The van der Waals surface area contributed by atoms with E-state index in [1.807, 2.05) is 83.9 Å². The van der Waals surface area contributed by atoms with Crippen LogP contribution in [0.15, 0.2) is 118 Å². The zero-order valence-electron chi connectivity index (χ0n) is 20.6. The third-order valence-corrected chi connectivity index (χ3v) is 8.57. The number of aromatic hydroxyl groups is 1. The molecule has 4 aromatic carbocycles. The lowest BCUT2D eigenvalue weighted by atomic mass is 9.95. The quantitative estimate of drug-likeness (QED) is 0.262. The Kier molecular flexibility index (Phi) is 5.75. The van der Waals surface area contributed by atoms with Crippen molar-refractivity contribution in [1.82, 2.24) is 5.01 Å². The van der Waals surface area contributed by atoms with E-state index < -0.39 is 5.85 Å². The van der Waals surface area contributed by atoms with Crippen LogP contribution >= 0.6 is 27.7 Å². The van der Waals surface area contributed by atoms with Gasteiger partial charge in [0, 0.05) is 16.5 Å². The summed E-state index contributed by atoms with van der Waals surface area (Å²) in [5, 5.41) is 16.8. The minimum Gasteiger partial charge on any atom is -0.508 e. The first-order valence-electron chi connectivity index (χ1n) is 12.5. The molecule has 6 nitrogen and oxygen atoms in total. The van der Waals surface area contributed by atoms with Crippen molar-refractivity contribution in [3.8, 4) is 11.5 Å². The van der Waals surface area contributed by atoms with E-state index in [9.17, 15) is 9.90 Å². The molecule has 3 heterocycles. The molecule has 192 valence electrons. The molecule has 8 heteroatoms. The lowest BCUT2D eigenvalue weighted by Gasteiger charge is -2.49. The number of halogens is 1. The largest absolute Gasteiger partial charge is 0.508 e. The predicted molar refractivity (Wildman–Crippen MR) is 158 cm³/mol. The predicted octanol–water partition coefficient (Wildman–Crippen LogP) is 7.77. The lowest BCUT2D eigenvalue weighted by Crippen LogP contribution is -2.63. The molecule has 4 aromatic rings. The summed E-state index contributed by atoms with van der Waals surface area (Å²) in [6.07, 6.45) is 2.61. The van der Waals surface area contributed by atoms with E-state index >= 15 is 0 Å². The Bertz CT molecular complexity index is 1640. The minimum absolute atomic E-state index is 0.158. The fourth-order valence-electron chi connectivity index (χ4n) is 5.36. The Balaban J connectivity index is 1.49. The van der Waals surface area contributed by atoms with Crippen molar-refractivity contribution < 1.29 is 14.6 Å². The fourth-order valence-corrected chi connectivity index (χ4v) is 6.81. The number of fused-ring (bicyclic) bond motifs is 4. The van der Waals surface area contributed by atoms with Crippen LogP contribution in [0.1, 0.15) is 29.2 Å². The van der Waals surface area contributed by atoms with E-state index in [1.165, 1.54) is 0 Å². The topological polar surface area (TPSA) is 65.4 Å². The molecular weight excluding hydrogens is 574 g/mol. The number of ether oxygens (including phenoxy) is 1. The smallest absolute Gasteiger partial charge is 0.321 e. The van der Waals surface area contributed by atoms with Crippen LogP contribution in [0.4, 0.5) is 10.5 Å². The van der Waals surface area contributed by atoms with Crippen LogP contribution in [-0.2, 0) is 0 Å². The first kappa shape index (κ1) is 24.1. The van der Waals surface area contributed by atoms with Crippen LogP contribution in [-0.4, -0.2) is 26.9 Å². The molecule has 1 spiro atoms. The van der Waals surface area contributed by atoms with Crippen molar-refractivity contribution >= 4 is 50.4 Å². The average Bonchev–Trinajstić information content (AvgIpc) is 3.52. The maximum absolute atomic E-state index is 13.9. The number of hydrogen-bond donors (Lipinski definition) is 1. The summed E-state index contributed by atoms with van der Waals surface area (Å²) < 4.78 is 7.89. The first-order chi connectivity index (χ1) is 19.0. The summed E-state index contributed by atoms with van der Waals surface area (Å²) in [5.41, 5.74) is 4.52. The summed E-state index contributed by atoms with van der Waals surface area (Å²) >= 11 is 4.77. The molecule has 1 N–H and O–H groups in total. The zero-order valence-corrected chi connectivity index (χ0v) is 23.0. The highest BCUT2D eigenvalue weighted by Gasteiger charge is 2.63. The van der Waals surface area contributed by atoms with Gasteiger partial charge in [0.25, 0.3) is 5.24 Å². The molecule has 0 radical (unpaired) electrons. The average molecular weight is 597 g/mol. The van der Waals surface area contributed by atoms with E-state index in [4.69, 9.17) is 9.84 Å². The maximum Gasteiger partial charge on any atom is 0.321 e. The van der Waals surface area contributed by atoms with Gasteiger partial charge in [-0.25, -0.2) is 9.91 Å². The number of thioether (sulfide) groups is 1. The number of phenolic OH excluding ortho intramolecular Hbond substituents is 1. The second-order valence-corrected chi connectivity index (χ2v) is 11.4. The lowest BCUT2D eigenvalue weighted by molar-refractivity contribution is -0.0763. The van der Waals surface area contributed by atoms with Gasteiger partial charge in [0.2, 0.25) is 0 Å². The van der Waals surface area contributed by atoms with Crippen LogP contribution in [0.2, 0.25) is 0 Å². The molecule has 2 unspecified atom stereocenters. The molecular formula is C31H22BrN3O3S. The fraction of sp³-hybridized carbons (Fsp3) is 0.0968. The molecule has 0 bridgehead atoms. The summed E-state index contributed by atoms with van der Waals surface area (Å²) in [6, 6.07) is 32.4. The molecule has 0 aliphatic carbocycles. The summed E-state index contributed by atoms with van der Waals surface area (Å²) in [4.78, 5) is 16.3. The molecule has 0 aromatic heterocycles. The van der Waals surface area contributed by atoms with Crippen molar-refractivity contribution in [2.24, 2.45) is 5.10 Å². The number of rotatable bonds is 3. The molecule has 0 saturated carbocycles. The van der Waals surface area contributed by atoms with E-state index in [1.54, 1.807) is 17.0 Å². The molecule has 2 atom stereocenters. The highest BCUT2D eigenvalue weighted by molar-refractivity contribution is 9.10. The SMILES string of the molecule is O=C1S/C(=C\c2ccc(O)cc2)C2(Oc3ccc(Br)cc3C3CC(c4ccccc4)=NN32)N1c1ccccc1. The maximum atomic E-state index is 13.9. The van der Waals surface area contributed by atoms with Crippen molar-refractivity contribution in [2.45, 2.75) is 18.3 Å². The molecule has 1 amide bonds. The Hall–Kier alpha value is -4.01. The van der Waals surface area contributed by atoms with Crippen LogP contribution in [0.25, 0.3) is 6.08 Å². The van der Waals surface area contributed by atoms with Crippen molar-refractivity contribution in [3.05, 3.63) is 129 Å². The number of hydrazone groups is 1. The van der Waals surface area contributed by atoms with Gasteiger partial charge in [-0.05, 0) is 71.4 Å². The second-order valence-electron chi connectivity index (χ2n) is 9.51. The van der Waals surface area contributed by atoms with Crippen molar-refractivity contribution in [1.29, 1.82) is 0 Å². The summed E-state index contributed by atoms with van der Waals surface area (Å²) in [6.45, 7) is 0. The Morgan fingerprint density at radius 1 is 0.974 bits per heavy atom. The highest BCUT2D eigenvalue weighted by Crippen LogP contribution is 2.57. The molecule has 3 aliphatic heterocycles. The number of amides is 1. The number of anilines is 1. The molecule has 7 rings (SSSR count). The van der Waals surface area contributed by atoms with Crippen LogP contribution in [0.3, 0.4) is 0 Å². The molecule has 1 saturated heterocycles. The number of para-hydroxylation sites is 1. The molecule has 3 aliphatic rings. The summed E-state index contributed by atoms with van der Waals surface area (Å²) in [5.74, 6) is -0.460.